The highest BCUT2D eigenvalue weighted by atomic mass is 16.1. The lowest BCUT2D eigenvalue weighted by Crippen LogP contribution is -2.22. The maximum atomic E-state index is 12.0. The van der Waals surface area contributed by atoms with Gasteiger partial charge in [0.15, 0.2) is 5.82 Å². The normalized spacial score (nSPS) is 10.6. The van der Waals surface area contributed by atoms with Crippen LogP contribution >= 0.6 is 0 Å². The largest absolute Gasteiger partial charge is 0.368 e. The van der Waals surface area contributed by atoms with Crippen LogP contribution in [0, 0.1) is 5.92 Å². The maximum absolute atomic E-state index is 12.0. The molecule has 0 spiro atoms. The zero-order valence-electron chi connectivity index (χ0n) is 13.7. The highest BCUT2D eigenvalue weighted by molar-refractivity contribution is 5.91. The van der Waals surface area contributed by atoms with Crippen molar-refractivity contribution in [3.05, 3.63) is 48.0 Å². The molecule has 1 amide bonds. The minimum absolute atomic E-state index is 0.00841. The van der Waals surface area contributed by atoms with E-state index in [0.717, 1.165) is 25.8 Å². The number of aromatic nitrogens is 2. The van der Waals surface area contributed by atoms with Gasteiger partial charge in [-0.15, -0.1) is 10.2 Å². The smallest absolute Gasteiger partial charge is 0.228 e. The molecule has 2 rings (SSSR count). The fourth-order valence-electron chi connectivity index (χ4n) is 2.36. The third-order valence-electron chi connectivity index (χ3n) is 3.83. The van der Waals surface area contributed by atoms with Crippen LogP contribution in [0.1, 0.15) is 32.3 Å². The molecule has 0 radical (unpaired) electrons. The van der Waals surface area contributed by atoms with Crippen molar-refractivity contribution >= 4 is 17.5 Å². The van der Waals surface area contributed by atoms with Gasteiger partial charge in [0.2, 0.25) is 5.91 Å². The summed E-state index contributed by atoms with van der Waals surface area (Å²) in [4.78, 5) is 12.0. The van der Waals surface area contributed by atoms with Crippen LogP contribution in [0.4, 0.5) is 11.6 Å². The van der Waals surface area contributed by atoms with Crippen LogP contribution in [0.15, 0.2) is 42.5 Å². The molecule has 2 N–H and O–H groups in total. The molecule has 0 aliphatic rings. The zero-order chi connectivity index (χ0) is 16.5. The number of amides is 1. The molecule has 0 aliphatic carbocycles. The van der Waals surface area contributed by atoms with E-state index in [1.54, 1.807) is 6.07 Å². The average Bonchev–Trinajstić information content (AvgIpc) is 2.58. The Morgan fingerprint density at radius 1 is 1.00 bits per heavy atom. The van der Waals surface area contributed by atoms with Crippen molar-refractivity contribution in [3.63, 3.8) is 0 Å². The van der Waals surface area contributed by atoms with Crippen LogP contribution in [0.5, 0.6) is 0 Å². The summed E-state index contributed by atoms with van der Waals surface area (Å²) in [5, 5.41) is 14.2. The molecule has 5 nitrogen and oxygen atoms in total. The van der Waals surface area contributed by atoms with Gasteiger partial charge in [0, 0.05) is 12.5 Å². The van der Waals surface area contributed by atoms with Crippen molar-refractivity contribution < 1.29 is 4.79 Å². The Morgan fingerprint density at radius 3 is 2.26 bits per heavy atom. The summed E-state index contributed by atoms with van der Waals surface area (Å²) >= 11 is 0. The maximum Gasteiger partial charge on any atom is 0.228 e. The third kappa shape index (κ3) is 5.36. The Bertz CT molecular complexity index is 594. The van der Waals surface area contributed by atoms with Crippen molar-refractivity contribution in [2.24, 2.45) is 5.92 Å². The highest BCUT2D eigenvalue weighted by Gasteiger charge is 2.14. The molecule has 1 aromatic carbocycles. The van der Waals surface area contributed by atoms with Crippen LogP contribution < -0.4 is 10.6 Å². The molecular weight excluding hydrogens is 288 g/mol. The van der Waals surface area contributed by atoms with Gasteiger partial charge in [-0.25, -0.2) is 0 Å². The van der Waals surface area contributed by atoms with E-state index in [9.17, 15) is 4.79 Å². The van der Waals surface area contributed by atoms with E-state index >= 15 is 0 Å². The molecule has 1 heterocycles. The number of nitrogens with zero attached hydrogens (tertiary/aromatic N) is 2. The summed E-state index contributed by atoms with van der Waals surface area (Å²) in [7, 11) is 0. The van der Waals surface area contributed by atoms with Gasteiger partial charge < -0.3 is 10.6 Å². The zero-order valence-corrected chi connectivity index (χ0v) is 13.7. The fourth-order valence-corrected chi connectivity index (χ4v) is 2.36. The number of rotatable bonds is 8. The molecule has 0 atom stereocenters. The van der Waals surface area contributed by atoms with E-state index in [2.05, 4.69) is 33.0 Å². The van der Waals surface area contributed by atoms with Crippen molar-refractivity contribution in [1.82, 2.24) is 10.2 Å². The predicted molar refractivity (Wildman–Crippen MR) is 93.4 cm³/mol. The number of nitrogens with one attached hydrogen (secondary N) is 2. The molecule has 23 heavy (non-hydrogen) atoms. The van der Waals surface area contributed by atoms with E-state index in [1.165, 1.54) is 5.56 Å². The summed E-state index contributed by atoms with van der Waals surface area (Å²) < 4.78 is 0. The van der Waals surface area contributed by atoms with E-state index in [1.807, 2.05) is 38.1 Å². The Morgan fingerprint density at radius 2 is 1.65 bits per heavy atom. The quantitative estimate of drug-likeness (QED) is 0.783. The molecule has 1 aromatic heterocycles. The molecule has 5 heteroatoms. The number of hydrogen-bond donors (Lipinski definition) is 2. The molecule has 122 valence electrons. The number of benzene rings is 1. The first-order valence-electron chi connectivity index (χ1n) is 8.15. The average molecular weight is 312 g/mol. The summed E-state index contributed by atoms with van der Waals surface area (Å²) in [6, 6.07) is 13.9. The first kappa shape index (κ1) is 16.9. The van der Waals surface area contributed by atoms with E-state index in [0.29, 0.717) is 11.6 Å². The Hall–Kier alpha value is -2.43. The molecule has 0 unspecified atom stereocenters. The van der Waals surface area contributed by atoms with Gasteiger partial charge in [0.1, 0.15) is 5.82 Å². The van der Waals surface area contributed by atoms with E-state index < -0.39 is 0 Å². The first-order valence-corrected chi connectivity index (χ1v) is 8.15. The van der Waals surface area contributed by atoms with Gasteiger partial charge in [-0.1, -0.05) is 44.2 Å². The third-order valence-corrected chi connectivity index (χ3v) is 3.83. The highest BCUT2D eigenvalue weighted by Crippen LogP contribution is 2.12. The summed E-state index contributed by atoms with van der Waals surface area (Å²) in [5.41, 5.74) is 1.28. The Balaban J connectivity index is 1.81. The van der Waals surface area contributed by atoms with Gasteiger partial charge in [0.25, 0.3) is 0 Å². The minimum atomic E-state index is 0.00841. The summed E-state index contributed by atoms with van der Waals surface area (Å²) in [6.07, 6.45) is 2.58. The Labute approximate surface area is 137 Å². The second-order valence-electron chi connectivity index (χ2n) is 5.47. The van der Waals surface area contributed by atoms with Gasteiger partial charge in [-0.05, 0) is 37.0 Å². The second-order valence-corrected chi connectivity index (χ2v) is 5.47. The predicted octanol–water partition coefficient (Wildman–Crippen LogP) is 3.51. The monoisotopic (exact) mass is 312 g/mol. The van der Waals surface area contributed by atoms with Crippen molar-refractivity contribution in [2.45, 2.75) is 33.1 Å². The van der Waals surface area contributed by atoms with Crippen molar-refractivity contribution in [2.75, 3.05) is 17.2 Å². The van der Waals surface area contributed by atoms with Crippen LogP contribution in [-0.4, -0.2) is 22.6 Å². The van der Waals surface area contributed by atoms with Crippen molar-refractivity contribution in [1.29, 1.82) is 0 Å². The van der Waals surface area contributed by atoms with Crippen molar-refractivity contribution in [3.8, 4) is 0 Å². The lowest BCUT2D eigenvalue weighted by Gasteiger charge is -2.12. The molecule has 0 saturated heterocycles. The lowest BCUT2D eigenvalue weighted by atomic mass is 10.0. The summed E-state index contributed by atoms with van der Waals surface area (Å²) in [5.74, 6) is 1.24. The molecule has 0 aliphatic heterocycles. The van der Waals surface area contributed by atoms with Crippen LogP contribution in [0.3, 0.4) is 0 Å². The van der Waals surface area contributed by atoms with Crippen LogP contribution in [-0.2, 0) is 11.2 Å². The first-order chi connectivity index (χ1) is 11.2. The molecule has 0 fully saturated rings. The van der Waals surface area contributed by atoms with E-state index in [-0.39, 0.29) is 11.8 Å². The standard InChI is InChI=1S/C18H24N4O/c1-3-15(4-2)18(23)20-17-11-10-16(21-22-17)19-13-12-14-8-6-5-7-9-14/h5-11,15H,3-4,12-13H2,1-2H3,(H,19,21)(H,20,22,23). The minimum Gasteiger partial charge on any atom is -0.368 e. The number of hydrogen-bond acceptors (Lipinski definition) is 4. The molecule has 2 aromatic rings. The fraction of sp³-hybridized carbons (Fsp3) is 0.389. The lowest BCUT2D eigenvalue weighted by molar-refractivity contribution is -0.120. The number of carbonyl (C=O) groups excluding carboxylic acids is 1. The topological polar surface area (TPSA) is 66.9 Å². The van der Waals surface area contributed by atoms with Gasteiger partial charge in [-0.3, -0.25) is 4.79 Å². The number of carbonyl (C=O) groups is 1. The number of anilines is 2. The van der Waals surface area contributed by atoms with Crippen LogP contribution in [0.2, 0.25) is 0 Å². The van der Waals surface area contributed by atoms with Crippen LogP contribution in [0.25, 0.3) is 0 Å². The molecule has 0 saturated carbocycles. The van der Waals surface area contributed by atoms with E-state index in [4.69, 9.17) is 0 Å². The SMILES string of the molecule is CCC(CC)C(=O)Nc1ccc(NCCc2ccccc2)nn1. The molecular formula is C18H24N4O. The molecule has 0 bridgehead atoms. The Kier molecular flexibility index (Phi) is 6.54. The van der Waals surface area contributed by atoms with Gasteiger partial charge in [-0.2, -0.15) is 0 Å². The summed E-state index contributed by atoms with van der Waals surface area (Å²) in [6.45, 7) is 4.82. The second kappa shape index (κ2) is 8.88. The van der Waals surface area contributed by atoms with Gasteiger partial charge in [0.05, 0.1) is 0 Å². The van der Waals surface area contributed by atoms with Gasteiger partial charge >= 0.3 is 0 Å².